The highest BCUT2D eigenvalue weighted by Crippen LogP contribution is 2.41. The van der Waals surface area contributed by atoms with Gasteiger partial charge in [-0.1, -0.05) is 0 Å². The average Bonchev–Trinajstić information content (AvgIpc) is 2.96. The number of nitrogens with one attached hydrogen (secondary N) is 1. The maximum atomic E-state index is 9.10. The summed E-state index contributed by atoms with van der Waals surface area (Å²) in [5.74, 6) is 0.745. The zero-order valence-corrected chi connectivity index (χ0v) is 10.1. The van der Waals surface area contributed by atoms with Gasteiger partial charge in [0.05, 0.1) is 17.3 Å². The molecule has 1 aliphatic rings. The monoisotopic (exact) mass is 226 g/mol. The Labute approximate surface area is 94.5 Å². The summed E-state index contributed by atoms with van der Waals surface area (Å²) in [5, 5.41) is 15.8. The van der Waals surface area contributed by atoms with E-state index in [9.17, 15) is 0 Å². The van der Waals surface area contributed by atoms with Gasteiger partial charge in [0.25, 0.3) is 0 Å². The van der Waals surface area contributed by atoms with E-state index in [4.69, 9.17) is 5.11 Å². The number of aromatic nitrogens is 1. The Morgan fingerprint density at radius 1 is 1.60 bits per heavy atom. The van der Waals surface area contributed by atoms with E-state index in [2.05, 4.69) is 15.7 Å². The molecule has 1 aromatic heterocycles. The van der Waals surface area contributed by atoms with Crippen molar-refractivity contribution >= 4 is 11.3 Å². The van der Waals surface area contributed by atoms with Gasteiger partial charge >= 0.3 is 0 Å². The van der Waals surface area contributed by atoms with Crippen LogP contribution in [0.4, 0.5) is 0 Å². The molecule has 0 spiro atoms. The molecular formula is C11H18N2OS. The van der Waals surface area contributed by atoms with Crippen LogP contribution in [0.3, 0.4) is 0 Å². The molecule has 1 fully saturated rings. The summed E-state index contributed by atoms with van der Waals surface area (Å²) < 4.78 is 0. The molecule has 15 heavy (non-hydrogen) atoms. The van der Waals surface area contributed by atoms with Crippen molar-refractivity contribution in [3.63, 3.8) is 0 Å². The first-order chi connectivity index (χ1) is 7.11. The summed E-state index contributed by atoms with van der Waals surface area (Å²) in [7, 11) is 0. The summed E-state index contributed by atoms with van der Waals surface area (Å²) in [6.07, 6.45) is 2.62. The molecule has 0 amide bonds. The molecule has 2 rings (SSSR count). The fourth-order valence-corrected chi connectivity index (χ4v) is 2.30. The topological polar surface area (TPSA) is 45.1 Å². The van der Waals surface area contributed by atoms with Crippen LogP contribution in [0.2, 0.25) is 0 Å². The van der Waals surface area contributed by atoms with Crippen LogP contribution in [0.1, 0.15) is 43.3 Å². The molecule has 0 bridgehead atoms. The van der Waals surface area contributed by atoms with Crippen LogP contribution < -0.4 is 5.32 Å². The van der Waals surface area contributed by atoms with E-state index in [1.54, 1.807) is 11.3 Å². The van der Waals surface area contributed by atoms with E-state index in [0.717, 1.165) is 18.2 Å². The van der Waals surface area contributed by atoms with Crippen molar-refractivity contribution in [2.75, 3.05) is 6.61 Å². The van der Waals surface area contributed by atoms with Crippen molar-refractivity contribution in [3.05, 3.63) is 16.1 Å². The van der Waals surface area contributed by atoms with Gasteiger partial charge in [0, 0.05) is 23.4 Å². The highest BCUT2D eigenvalue weighted by atomic mass is 32.1. The molecule has 0 aromatic carbocycles. The van der Waals surface area contributed by atoms with Crippen LogP contribution in [0.25, 0.3) is 0 Å². The Morgan fingerprint density at radius 3 is 2.93 bits per heavy atom. The fraction of sp³-hybridized carbons (Fsp3) is 0.727. The maximum Gasteiger partial charge on any atom is 0.0959 e. The van der Waals surface area contributed by atoms with Gasteiger partial charge in [-0.2, -0.15) is 0 Å². The third-order valence-corrected chi connectivity index (χ3v) is 3.70. The molecule has 84 valence electrons. The molecule has 0 unspecified atom stereocenters. The van der Waals surface area contributed by atoms with Crippen LogP contribution in [-0.2, 0) is 6.54 Å². The molecule has 1 saturated carbocycles. The first kappa shape index (κ1) is 11.0. The van der Waals surface area contributed by atoms with Crippen LogP contribution in [0.5, 0.6) is 0 Å². The lowest BCUT2D eigenvalue weighted by molar-refractivity contribution is 0.187. The number of rotatable bonds is 5. The molecule has 1 aliphatic carbocycles. The summed E-state index contributed by atoms with van der Waals surface area (Å²) in [6.45, 7) is 4.87. The van der Waals surface area contributed by atoms with Gasteiger partial charge in [-0.25, -0.2) is 4.98 Å². The molecule has 1 aromatic rings. The number of thiazole rings is 1. The fourth-order valence-electron chi connectivity index (χ4n) is 1.31. The van der Waals surface area contributed by atoms with Crippen molar-refractivity contribution in [2.45, 2.75) is 44.7 Å². The van der Waals surface area contributed by atoms with E-state index in [-0.39, 0.29) is 12.1 Å². The van der Waals surface area contributed by atoms with Gasteiger partial charge in [-0.05, 0) is 26.7 Å². The van der Waals surface area contributed by atoms with Crippen LogP contribution in [-0.4, -0.2) is 22.2 Å². The predicted molar refractivity (Wildman–Crippen MR) is 62.1 cm³/mol. The summed E-state index contributed by atoms with van der Waals surface area (Å²) in [5.41, 5.74) is 0.882. The number of aliphatic hydroxyl groups is 1. The lowest BCUT2D eigenvalue weighted by atomic mass is 10.1. The second-order valence-corrected chi connectivity index (χ2v) is 5.74. The van der Waals surface area contributed by atoms with Crippen molar-refractivity contribution in [1.82, 2.24) is 10.3 Å². The maximum absolute atomic E-state index is 9.10. The van der Waals surface area contributed by atoms with Crippen molar-refractivity contribution < 1.29 is 5.11 Å². The highest BCUT2D eigenvalue weighted by Gasteiger charge is 2.26. The SMILES string of the molecule is CC(C)(CO)NCc1csc(C2CC2)n1. The van der Waals surface area contributed by atoms with Gasteiger partial charge in [-0.15, -0.1) is 11.3 Å². The molecule has 0 saturated heterocycles. The van der Waals surface area contributed by atoms with E-state index in [0.29, 0.717) is 0 Å². The minimum absolute atomic E-state index is 0.145. The van der Waals surface area contributed by atoms with E-state index in [1.807, 2.05) is 13.8 Å². The molecule has 3 nitrogen and oxygen atoms in total. The zero-order chi connectivity index (χ0) is 10.9. The quantitative estimate of drug-likeness (QED) is 0.806. The highest BCUT2D eigenvalue weighted by molar-refractivity contribution is 7.09. The van der Waals surface area contributed by atoms with Gasteiger partial charge in [0.15, 0.2) is 0 Å². The molecule has 1 heterocycles. The average molecular weight is 226 g/mol. The van der Waals surface area contributed by atoms with Crippen molar-refractivity contribution in [1.29, 1.82) is 0 Å². The van der Waals surface area contributed by atoms with E-state index < -0.39 is 0 Å². The summed E-state index contributed by atoms with van der Waals surface area (Å²) in [4.78, 5) is 4.58. The molecular weight excluding hydrogens is 208 g/mol. The predicted octanol–water partition coefficient (Wildman–Crippen LogP) is 1.88. The van der Waals surface area contributed by atoms with E-state index >= 15 is 0 Å². The van der Waals surface area contributed by atoms with E-state index in [1.165, 1.54) is 17.8 Å². The molecule has 4 heteroatoms. The second-order valence-electron chi connectivity index (χ2n) is 4.85. The second kappa shape index (κ2) is 4.20. The summed E-state index contributed by atoms with van der Waals surface area (Å²) in [6, 6.07) is 0. The minimum Gasteiger partial charge on any atom is -0.394 e. The molecule has 0 radical (unpaired) electrons. The number of hydrogen-bond acceptors (Lipinski definition) is 4. The van der Waals surface area contributed by atoms with Gasteiger partial charge in [0.2, 0.25) is 0 Å². The Morgan fingerprint density at radius 2 is 2.33 bits per heavy atom. The first-order valence-electron chi connectivity index (χ1n) is 5.41. The lowest BCUT2D eigenvalue weighted by Gasteiger charge is -2.22. The smallest absolute Gasteiger partial charge is 0.0959 e. The Bertz CT molecular complexity index is 331. The van der Waals surface area contributed by atoms with Gasteiger partial charge in [0.1, 0.15) is 0 Å². The third-order valence-electron chi connectivity index (χ3n) is 2.64. The van der Waals surface area contributed by atoms with Crippen LogP contribution >= 0.6 is 11.3 Å². The first-order valence-corrected chi connectivity index (χ1v) is 6.29. The van der Waals surface area contributed by atoms with Crippen molar-refractivity contribution in [2.24, 2.45) is 0 Å². The molecule has 0 aliphatic heterocycles. The van der Waals surface area contributed by atoms with Gasteiger partial charge < -0.3 is 10.4 Å². The standard InChI is InChI=1S/C11H18N2OS/c1-11(2,7-14)12-5-9-6-15-10(13-9)8-3-4-8/h6,8,12,14H,3-5,7H2,1-2H3. The lowest BCUT2D eigenvalue weighted by Crippen LogP contribution is -2.42. The largest absolute Gasteiger partial charge is 0.394 e. The normalized spacial score (nSPS) is 17.0. The Balaban J connectivity index is 1.87. The van der Waals surface area contributed by atoms with Crippen LogP contribution in [0.15, 0.2) is 5.38 Å². The third kappa shape index (κ3) is 3.00. The Hall–Kier alpha value is -0.450. The number of hydrogen-bond donors (Lipinski definition) is 2. The van der Waals surface area contributed by atoms with Crippen LogP contribution in [0, 0.1) is 0 Å². The van der Waals surface area contributed by atoms with Gasteiger partial charge in [-0.3, -0.25) is 0 Å². The zero-order valence-electron chi connectivity index (χ0n) is 9.29. The minimum atomic E-state index is -0.219. The molecule has 0 atom stereocenters. The number of nitrogens with zero attached hydrogens (tertiary/aromatic N) is 1. The molecule has 2 N–H and O–H groups in total. The summed E-state index contributed by atoms with van der Waals surface area (Å²) >= 11 is 1.76. The number of aliphatic hydroxyl groups excluding tert-OH is 1. The Kier molecular flexibility index (Phi) is 3.09. The van der Waals surface area contributed by atoms with Crippen molar-refractivity contribution in [3.8, 4) is 0 Å².